The second-order valence-electron chi connectivity index (χ2n) is 1.52. The van der Waals surface area contributed by atoms with Gasteiger partial charge in [0.2, 0.25) is 0 Å². The molecule has 0 aromatic carbocycles. The predicted octanol–water partition coefficient (Wildman–Crippen LogP) is 1.24. The van der Waals surface area contributed by atoms with Gasteiger partial charge in [0.05, 0.1) is 5.55 Å². The van der Waals surface area contributed by atoms with Gasteiger partial charge >= 0.3 is 0 Å². The Morgan fingerprint density at radius 1 is 1.62 bits per heavy atom. The van der Waals surface area contributed by atoms with Crippen LogP contribution in [0, 0.1) is 0 Å². The van der Waals surface area contributed by atoms with Crippen molar-refractivity contribution in [1.82, 2.24) is 4.31 Å². The van der Waals surface area contributed by atoms with Crippen LogP contribution in [0.1, 0.15) is 6.92 Å². The highest BCUT2D eigenvalue weighted by Crippen LogP contribution is 1.95. The molecule has 0 spiro atoms. The molecule has 0 bridgehead atoms. The van der Waals surface area contributed by atoms with E-state index < -0.39 is 0 Å². The molecule has 0 fully saturated rings. The van der Waals surface area contributed by atoms with Crippen molar-refractivity contribution < 1.29 is 0 Å². The van der Waals surface area contributed by atoms with Crippen LogP contribution in [0.15, 0.2) is 4.99 Å². The lowest BCUT2D eigenvalue weighted by Gasteiger charge is -2.00. The summed E-state index contributed by atoms with van der Waals surface area (Å²) in [5.41, 5.74) is 1.85. The molecule has 0 heterocycles. The Hall–Kier alpha value is -0.0200. The van der Waals surface area contributed by atoms with Gasteiger partial charge in [-0.05, 0) is 33.0 Å². The van der Waals surface area contributed by atoms with Gasteiger partial charge in [0.15, 0.2) is 0 Å². The summed E-state index contributed by atoms with van der Waals surface area (Å²) in [5.74, 6) is 0. The zero-order valence-corrected chi connectivity index (χ0v) is 6.40. The lowest BCUT2D eigenvalue weighted by Crippen LogP contribution is -1.98. The van der Waals surface area contributed by atoms with Crippen molar-refractivity contribution in [2.45, 2.75) is 6.92 Å². The number of hydrogen-bond donors (Lipinski definition) is 0. The Labute approximate surface area is 55.1 Å². The third-order valence-electron chi connectivity index (χ3n) is 0.515. The van der Waals surface area contributed by atoms with Crippen LogP contribution in [0.4, 0.5) is 0 Å². The minimum atomic E-state index is 0.876. The molecule has 3 heteroatoms. The van der Waals surface area contributed by atoms with Crippen LogP contribution in [0.2, 0.25) is 0 Å². The van der Waals surface area contributed by atoms with Gasteiger partial charge in [-0.15, -0.1) is 0 Å². The Bertz CT molecular complexity index is 70.8. The van der Waals surface area contributed by atoms with Gasteiger partial charge in [0.1, 0.15) is 0 Å². The Kier molecular flexibility index (Phi) is 5.11. The maximum absolute atomic E-state index is 4.01. The lowest BCUT2D eigenvalue weighted by atomic mass is 10.8. The fraction of sp³-hybridized carbons (Fsp3) is 0.800. The molecule has 0 saturated carbocycles. The fourth-order valence-electron chi connectivity index (χ4n) is 0.202. The highest BCUT2D eigenvalue weighted by Gasteiger charge is 1.80. The standard InChI is InChI=1S/C5H12N2S/c1-4-6-5-8-7(2)3/h5H,4H2,1-3H3/b6-5-. The molecule has 0 aromatic heterocycles. The second kappa shape index (κ2) is 5.12. The lowest BCUT2D eigenvalue weighted by molar-refractivity contribution is 0.710. The first-order chi connectivity index (χ1) is 3.77. The summed E-state index contributed by atoms with van der Waals surface area (Å²) in [6.07, 6.45) is 0. The third kappa shape index (κ3) is 5.98. The van der Waals surface area contributed by atoms with Crippen molar-refractivity contribution in [3.63, 3.8) is 0 Å². The van der Waals surface area contributed by atoms with Crippen molar-refractivity contribution in [2.24, 2.45) is 4.99 Å². The van der Waals surface area contributed by atoms with Gasteiger partial charge in [0.25, 0.3) is 0 Å². The molecule has 0 rings (SSSR count). The van der Waals surface area contributed by atoms with E-state index in [0.29, 0.717) is 0 Å². The normalized spacial score (nSPS) is 11.5. The highest BCUT2D eigenvalue weighted by atomic mass is 32.2. The van der Waals surface area contributed by atoms with E-state index in [9.17, 15) is 0 Å². The predicted molar refractivity (Wildman–Crippen MR) is 40.3 cm³/mol. The molecule has 0 aliphatic carbocycles. The van der Waals surface area contributed by atoms with Gasteiger partial charge in [-0.25, -0.2) is 0 Å². The summed E-state index contributed by atoms with van der Waals surface area (Å²) in [7, 11) is 3.98. The molecule has 0 amide bonds. The third-order valence-corrected chi connectivity index (χ3v) is 1.18. The van der Waals surface area contributed by atoms with E-state index >= 15 is 0 Å². The molecule has 0 saturated heterocycles. The van der Waals surface area contributed by atoms with E-state index in [4.69, 9.17) is 0 Å². The number of hydrogen-bond acceptors (Lipinski definition) is 3. The van der Waals surface area contributed by atoms with Crippen LogP contribution in [-0.4, -0.2) is 30.5 Å². The van der Waals surface area contributed by atoms with Crippen LogP contribution in [0.3, 0.4) is 0 Å². The fourth-order valence-corrected chi connectivity index (χ4v) is 0.606. The maximum atomic E-state index is 4.01. The Balaban J connectivity index is 3.03. The number of aliphatic imine (C=N–C) groups is 1. The van der Waals surface area contributed by atoms with E-state index in [1.165, 1.54) is 0 Å². The van der Waals surface area contributed by atoms with E-state index in [2.05, 4.69) is 4.99 Å². The average molecular weight is 132 g/mol. The molecular weight excluding hydrogens is 120 g/mol. The average Bonchev–Trinajstić information content (AvgIpc) is 1.66. The molecular formula is C5H12N2S. The molecule has 0 aliphatic rings. The first-order valence-electron chi connectivity index (χ1n) is 2.59. The summed E-state index contributed by atoms with van der Waals surface area (Å²) >= 11 is 1.60. The van der Waals surface area contributed by atoms with Crippen LogP contribution in [-0.2, 0) is 0 Å². The largest absolute Gasteiger partial charge is 0.285 e. The summed E-state index contributed by atoms with van der Waals surface area (Å²) in [5, 5.41) is 0. The van der Waals surface area contributed by atoms with E-state index in [-0.39, 0.29) is 0 Å². The van der Waals surface area contributed by atoms with Gasteiger partial charge in [0, 0.05) is 6.54 Å². The highest BCUT2D eigenvalue weighted by molar-refractivity contribution is 8.10. The molecule has 0 atom stereocenters. The number of nitrogens with zero attached hydrogens (tertiary/aromatic N) is 2. The molecule has 0 radical (unpaired) electrons. The minimum Gasteiger partial charge on any atom is -0.285 e. The quantitative estimate of drug-likeness (QED) is 0.326. The van der Waals surface area contributed by atoms with E-state index in [1.54, 1.807) is 11.9 Å². The van der Waals surface area contributed by atoms with Crippen LogP contribution >= 0.6 is 11.9 Å². The monoisotopic (exact) mass is 132 g/mol. The molecule has 0 unspecified atom stereocenters. The van der Waals surface area contributed by atoms with Gasteiger partial charge in [-0.2, -0.15) is 0 Å². The minimum absolute atomic E-state index is 0.876. The molecule has 0 aromatic rings. The molecule has 0 N–H and O–H groups in total. The van der Waals surface area contributed by atoms with Crippen molar-refractivity contribution in [3.05, 3.63) is 0 Å². The summed E-state index contributed by atoms with van der Waals surface area (Å²) in [4.78, 5) is 4.01. The first-order valence-corrected chi connectivity index (χ1v) is 3.43. The van der Waals surface area contributed by atoms with Gasteiger partial charge in [-0.1, -0.05) is 0 Å². The van der Waals surface area contributed by atoms with Crippen LogP contribution < -0.4 is 0 Å². The second-order valence-corrected chi connectivity index (χ2v) is 2.67. The summed E-state index contributed by atoms with van der Waals surface area (Å²) < 4.78 is 2.00. The molecule has 2 nitrogen and oxygen atoms in total. The van der Waals surface area contributed by atoms with Gasteiger partial charge in [-0.3, -0.25) is 9.30 Å². The van der Waals surface area contributed by atoms with E-state index in [0.717, 1.165) is 6.54 Å². The Morgan fingerprint density at radius 2 is 2.25 bits per heavy atom. The van der Waals surface area contributed by atoms with Crippen LogP contribution in [0.5, 0.6) is 0 Å². The molecule has 0 aliphatic heterocycles. The zero-order valence-electron chi connectivity index (χ0n) is 5.59. The van der Waals surface area contributed by atoms with Crippen molar-refractivity contribution in [3.8, 4) is 0 Å². The first kappa shape index (κ1) is 7.98. The van der Waals surface area contributed by atoms with Crippen molar-refractivity contribution in [1.29, 1.82) is 0 Å². The summed E-state index contributed by atoms with van der Waals surface area (Å²) in [6, 6.07) is 0. The molecule has 8 heavy (non-hydrogen) atoms. The van der Waals surface area contributed by atoms with Crippen LogP contribution in [0.25, 0.3) is 0 Å². The SMILES string of the molecule is CC/N=C\SN(C)C. The van der Waals surface area contributed by atoms with Crippen molar-refractivity contribution >= 4 is 17.5 Å². The Morgan fingerprint density at radius 3 is 2.62 bits per heavy atom. The molecule has 48 valence electrons. The van der Waals surface area contributed by atoms with Gasteiger partial charge < -0.3 is 0 Å². The maximum Gasteiger partial charge on any atom is 0.0695 e. The van der Waals surface area contributed by atoms with E-state index in [1.807, 2.05) is 30.9 Å². The topological polar surface area (TPSA) is 15.6 Å². The number of rotatable bonds is 3. The van der Waals surface area contributed by atoms with Crippen molar-refractivity contribution in [2.75, 3.05) is 20.6 Å². The zero-order chi connectivity index (χ0) is 6.41. The smallest absolute Gasteiger partial charge is 0.0695 e. The summed E-state index contributed by atoms with van der Waals surface area (Å²) in [6.45, 7) is 2.90.